The normalized spacial score (nSPS) is 13.7. The van der Waals surface area contributed by atoms with E-state index in [1.54, 1.807) is 38.1 Å². The largest absolute Gasteiger partial charge is 0.479 e. The Hall–Kier alpha value is -3.92. The van der Waals surface area contributed by atoms with Crippen LogP contribution >= 0.6 is 23.2 Å². The SMILES string of the molecule is C[C@H](O)c1c(N)cnc2ccc(Cl)nc12.C[C@H](O)c1c(N)cnc2ccc(Cl)nc12.O=C(O)[C@@H](O)[C@H](O)C(=O)O. The molecule has 0 aliphatic heterocycles. The van der Waals surface area contributed by atoms with Crippen LogP contribution < -0.4 is 11.5 Å². The fourth-order valence-corrected chi connectivity index (χ4v) is 3.59. The number of fused-ring (bicyclic) bond motifs is 2. The van der Waals surface area contributed by atoms with Gasteiger partial charge in [-0.05, 0) is 38.1 Å². The quantitative estimate of drug-likeness (QED) is 0.152. The Morgan fingerprint density at radius 1 is 0.700 bits per heavy atom. The van der Waals surface area contributed by atoms with E-state index in [1.165, 1.54) is 12.4 Å². The van der Waals surface area contributed by atoms with Crippen molar-refractivity contribution in [2.75, 3.05) is 11.5 Å². The van der Waals surface area contributed by atoms with Gasteiger partial charge in [0.15, 0.2) is 12.2 Å². The van der Waals surface area contributed by atoms with Crippen LogP contribution in [0.2, 0.25) is 10.3 Å². The molecule has 0 aromatic carbocycles. The second-order valence-electron chi connectivity index (χ2n) is 8.18. The Bertz CT molecular complexity index is 1400. The molecule has 10 N–H and O–H groups in total. The highest BCUT2D eigenvalue weighted by Crippen LogP contribution is 2.28. The van der Waals surface area contributed by atoms with Crippen molar-refractivity contribution in [2.24, 2.45) is 0 Å². The number of nitrogens with two attached hydrogens (primary N) is 2. The first-order chi connectivity index (χ1) is 18.6. The standard InChI is InChI=1S/2C10H10ClN3O.C4H6O6/c2*1-5(15)9-6(12)4-13-7-2-3-8(11)14-10(7)9;5-1(3(7)8)2(6)4(9)10/h2*2-5,15H,12H2,1H3;1-2,5-6H,(H,7,8)(H,9,10)/t2*5-;1-,2-/m000/s1. The van der Waals surface area contributed by atoms with Gasteiger partial charge in [0.25, 0.3) is 0 Å². The van der Waals surface area contributed by atoms with Gasteiger partial charge >= 0.3 is 11.9 Å². The summed E-state index contributed by atoms with van der Waals surface area (Å²) in [4.78, 5) is 36.0. The molecule has 0 bridgehead atoms. The van der Waals surface area contributed by atoms with E-state index < -0.39 is 36.4 Å². The summed E-state index contributed by atoms with van der Waals surface area (Å²) in [6, 6.07) is 6.80. The highest BCUT2D eigenvalue weighted by Gasteiger charge is 2.29. The van der Waals surface area contributed by atoms with Crippen LogP contribution in [-0.2, 0) is 9.59 Å². The average molecular weight is 597 g/mol. The predicted molar refractivity (Wildman–Crippen MR) is 146 cm³/mol. The summed E-state index contributed by atoms with van der Waals surface area (Å²) in [5.74, 6) is -3.54. The van der Waals surface area contributed by atoms with E-state index in [9.17, 15) is 19.8 Å². The number of carbonyl (C=O) groups is 2. The van der Waals surface area contributed by atoms with E-state index in [1.807, 2.05) is 0 Å². The highest BCUT2D eigenvalue weighted by atomic mass is 35.5. The minimum atomic E-state index is -2.27. The molecule has 0 saturated heterocycles. The van der Waals surface area contributed by atoms with E-state index >= 15 is 0 Å². The lowest BCUT2D eigenvalue weighted by molar-refractivity contribution is -0.165. The first kappa shape index (κ1) is 32.3. The first-order valence-corrected chi connectivity index (χ1v) is 12.0. The molecule has 0 aliphatic carbocycles. The van der Waals surface area contributed by atoms with Gasteiger partial charge in [-0.3, -0.25) is 9.97 Å². The van der Waals surface area contributed by atoms with Crippen molar-refractivity contribution in [3.8, 4) is 0 Å². The number of nitrogens with zero attached hydrogens (tertiary/aromatic N) is 4. The fraction of sp³-hybridized carbons (Fsp3) is 0.250. The number of aliphatic carboxylic acids is 2. The summed E-state index contributed by atoms with van der Waals surface area (Å²) in [7, 11) is 0. The third-order valence-electron chi connectivity index (χ3n) is 5.14. The van der Waals surface area contributed by atoms with Gasteiger partial charge in [0.2, 0.25) is 0 Å². The molecule has 0 saturated carbocycles. The number of carboxylic acids is 2. The monoisotopic (exact) mass is 596 g/mol. The van der Waals surface area contributed by atoms with Gasteiger partial charge in [-0.1, -0.05) is 23.2 Å². The maximum atomic E-state index is 9.77. The van der Waals surface area contributed by atoms with E-state index in [2.05, 4.69) is 19.9 Å². The maximum absolute atomic E-state index is 9.77. The molecule has 4 heterocycles. The van der Waals surface area contributed by atoms with Gasteiger partial charge in [0, 0.05) is 11.1 Å². The first-order valence-electron chi connectivity index (χ1n) is 11.2. The van der Waals surface area contributed by atoms with Crippen LogP contribution in [0.1, 0.15) is 37.2 Å². The maximum Gasteiger partial charge on any atom is 0.335 e. The number of aliphatic hydroxyl groups excluding tert-OH is 4. The average Bonchev–Trinajstić information content (AvgIpc) is 2.87. The summed E-state index contributed by atoms with van der Waals surface area (Å²) >= 11 is 11.6. The third-order valence-corrected chi connectivity index (χ3v) is 5.56. The molecule has 4 rings (SSSR count). The molecule has 214 valence electrons. The zero-order valence-electron chi connectivity index (χ0n) is 21.0. The molecule has 0 unspecified atom stereocenters. The van der Waals surface area contributed by atoms with Crippen LogP contribution in [0.3, 0.4) is 0 Å². The molecule has 4 atom stereocenters. The number of aromatic nitrogens is 4. The van der Waals surface area contributed by atoms with E-state index in [0.717, 1.165) is 0 Å². The summed E-state index contributed by atoms with van der Waals surface area (Å²) in [5.41, 5.74) is 15.9. The summed E-state index contributed by atoms with van der Waals surface area (Å²) < 4.78 is 0. The van der Waals surface area contributed by atoms with Crippen molar-refractivity contribution in [1.82, 2.24) is 19.9 Å². The van der Waals surface area contributed by atoms with Crippen LogP contribution in [0.25, 0.3) is 22.1 Å². The van der Waals surface area contributed by atoms with Crippen LogP contribution in [-0.4, -0.2) is 74.7 Å². The lowest BCUT2D eigenvalue weighted by atomic mass is 10.1. The molecule has 4 aromatic rings. The van der Waals surface area contributed by atoms with Crippen molar-refractivity contribution < 1.29 is 40.2 Å². The van der Waals surface area contributed by atoms with Crippen LogP contribution in [0.5, 0.6) is 0 Å². The van der Waals surface area contributed by atoms with E-state index in [4.69, 9.17) is 55.1 Å². The number of pyridine rings is 4. The molecular formula is C24H26Cl2N6O8. The Morgan fingerprint density at radius 3 is 1.30 bits per heavy atom. The Labute approximate surface area is 236 Å². The lowest BCUT2D eigenvalue weighted by Gasteiger charge is -2.10. The van der Waals surface area contributed by atoms with E-state index in [-0.39, 0.29) is 0 Å². The Morgan fingerprint density at radius 2 is 1.02 bits per heavy atom. The molecule has 0 fully saturated rings. The summed E-state index contributed by atoms with van der Waals surface area (Å²) in [6.45, 7) is 3.27. The van der Waals surface area contributed by atoms with Gasteiger partial charge in [-0.25, -0.2) is 19.6 Å². The number of carboxylic acid groups (broad SMARTS) is 2. The van der Waals surface area contributed by atoms with Crippen molar-refractivity contribution in [1.29, 1.82) is 0 Å². The highest BCUT2D eigenvalue weighted by molar-refractivity contribution is 6.30. The molecule has 40 heavy (non-hydrogen) atoms. The zero-order valence-corrected chi connectivity index (χ0v) is 22.5. The van der Waals surface area contributed by atoms with Gasteiger partial charge < -0.3 is 42.1 Å². The number of nitrogen functional groups attached to an aromatic ring is 2. The second kappa shape index (κ2) is 13.9. The Kier molecular flexibility index (Phi) is 11.2. The molecule has 14 nitrogen and oxygen atoms in total. The smallest absolute Gasteiger partial charge is 0.335 e. The molecule has 4 aromatic heterocycles. The predicted octanol–water partition coefficient (Wildman–Crippen LogP) is 1.71. The van der Waals surface area contributed by atoms with Gasteiger partial charge in [0.05, 0.1) is 58.0 Å². The molecule has 0 amide bonds. The molecule has 0 aliphatic rings. The third kappa shape index (κ3) is 8.05. The van der Waals surface area contributed by atoms with E-state index in [0.29, 0.717) is 54.9 Å². The van der Waals surface area contributed by atoms with Crippen molar-refractivity contribution in [2.45, 2.75) is 38.3 Å². The summed E-state index contributed by atoms with van der Waals surface area (Å²) in [5, 5.41) is 52.4. The van der Waals surface area contributed by atoms with Crippen LogP contribution in [0.15, 0.2) is 36.7 Å². The number of hydrogen-bond acceptors (Lipinski definition) is 12. The molecular weight excluding hydrogens is 571 g/mol. The van der Waals surface area contributed by atoms with Gasteiger partial charge in [-0.2, -0.15) is 0 Å². The van der Waals surface area contributed by atoms with Gasteiger partial charge in [-0.15, -0.1) is 0 Å². The minimum absolute atomic E-state index is 0.358. The minimum Gasteiger partial charge on any atom is -0.479 e. The number of halogens is 2. The zero-order chi connectivity index (χ0) is 30.3. The molecule has 16 heteroatoms. The molecule has 0 radical (unpaired) electrons. The number of rotatable bonds is 5. The number of hydrogen-bond donors (Lipinski definition) is 8. The fourth-order valence-electron chi connectivity index (χ4n) is 3.30. The number of aliphatic hydroxyl groups is 4. The topological polar surface area (TPSA) is 259 Å². The van der Waals surface area contributed by atoms with Gasteiger partial charge in [0.1, 0.15) is 10.3 Å². The van der Waals surface area contributed by atoms with Crippen molar-refractivity contribution in [3.63, 3.8) is 0 Å². The molecule has 0 spiro atoms. The number of anilines is 2. The van der Waals surface area contributed by atoms with Crippen LogP contribution in [0.4, 0.5) is 11.4 Å². The van der Waals surface area contributed by atoms with Crippen molar-refractivity contribution >= 4 is 68.6 Å². The van der Waals surface area contributed by atoms with Crippen molar-refractivity contribution in [3.05, 3.63) is 58.1 Å². The second-order valence-corrected chi connectivity index (χ2v) is 8.95. The summed E-state index contributed by atoms with van der Waals surface area (Å²) in [6.07, 6.45) is -2.89. The lowest BCUT2D eigenvalue weighted by Crippen LogP contribution is -2.39. The Balaban J connectivity index is 0.000000216. The van der Waals surface area contributed by atoms with Crippen LogP contribution in [0, 0.1) is 0 Å².